The van der Waals surface area contributed by atoms with Crippen LogP contribution in [0.5, 0.6) is 0 Å². The zero-order valence-corrected chi connectivity index (χ0v) is 52.8. The first-order valence-corrected chi connectivity index (χ1v) is 32.8. The molecule has 24 nitrogen and oxygen atoms in total. The summed E-state index contributed by atoms with van der Waals surface area (Å²) in [5.74, 6) is -2.22. The monoisotopic (exact) mass is 1270 g/mol. The Morgan fingerprint density at radius 3 is 2.10 bits per heavy atom. The van der Waals surface area contributed by atoms with E-state index in [1.807, 2.05) is 59.0 Å². The molecule has 0 spiro atoms. The number of carbonyl (C=O) groups is 5. The minimum Gasteiger partial charge on any atom is -0.476 e. The van der Waals surface area contributed by atoms with Gasteiger partial charge < -0.3 is 48.1 Å². The van der Waals surface area contributed by atoms with Crippen molar-refractivity contribution in [2.75, 3.05) is 128 Å². The minimum absolute atomic E-state index is 0.0164. The summed E-state index contributed by atoms with van der Waals surface area (Å²) < 4.78 is 76.5. The fourth-order valence-electron chi connectivity index (χ4n) is 13.5. The summed E-state index contributed by atoms with van der Waals surface area (Å²) in [4.78, 5) is 77.4. The van der Waals surface area contributed by atoms with Gasteiger partial charge in [0.2, 0.25) is 5.91 Å². The van der Waals surface area contributed by atoms with Gasteiger partial charge in [-0.3, -0.25) is 38.6 Å². The molecule has 2 fully saturated rings. The van der Waals surface area contributed by atoms with Crippen molar-refractivity contribution in [3.05, 3.63) is 101 Å². The number of pyridine rings is 1. The number of anilines is 2. The van der Waals surface area contributed by atoms with Gasteiger partial charge in [0.25, 0.3) is 27.8 Å². The standard InChI is InChI=1S/C63H82N8O16S2/c1-44-36-61(3)40-62(4,43-71-45(2)49(38-64-71)47-12-13-53(66-57(47)59(76)77)69-18-16-46-8-7-9-48(50(46)39-69)58(75)67-60-65-51-10-5-6-11-52(51)88-60)42-63(37-44,41-61)87-24-19-68(21-35-89(78,79)80)54(72)17-22-81-25-27-83-29-31-85-33-34-86-32-30-84-28-26-82-23-20-70-55(73)14-15-56(70)74/h5-15,38,44H,16-37,39-43H2,1-4H3,(H,76,77)(H,65,67,75)(H,78,79,80). The third-order valence-electron chi connectivity index (χ3n) is 16.7. The fourth-order valence-corrected chi connectivity index (χ4v) is 14.8. The van der Waals surface area contributed by atoms with Crippen LogP contribution in [-0.4, -0.2) is 201 Å². The zero-order chi connectivity index (χ0) is 63.2. The molecular formula is C63H82N8O16S2. The summed E-state index contributed by atoms with van der Waals surface area (Å²) >= 11 is 1.41. The summed E-state index contributed by atoms with van der Waals surface area (Å²) in [7, 11) is -4.37. The number of carboxylic acids is 1. The number of carboxylic acid groups (broad SMARTS) is 1. The van der Waals surface area contributed by atoms with Crippen molar-refractivity contribution in [1.82, 2.24) is 29.5 Å². The first kappa shape index (κ1) is 66.8. The molecule has 2 saturated carbocycles. The number of fused-ring (bicyclic) bond motifs is 4. The molecule has 5 aromatic rings. The number of hydrogen-bond acceptors (Lipinski definition) is 19. The van der Waals surface area contributed by atoms with Crippen LogP contribution in [0, 0.1) is 23.7 Å². The Morgan fingerprint density at radius 1 is 0.775 bits per heavy atom. The van der Waals surface area contributed by atoms with Gasteiger partial charge in [-0.2, -0.15) is 13.5 Å². The van der Waals surface area contributed by atoms with E-state index in [2.05, 4.69) is 31.1 Å². The van der Waals surface area contributed by atoms with Gasteiger partial charge in [-0.1, -0.05) is 56.4 Å². The average molecular weight is 1270 g/mol. The SMILES string of the molecule is Cc1c(-c2ccc(N3CCc4cccc(C(=O)Nc5nc6ccccc6s5)c4C3)nc2C(=O)O)cnn1CC1(C)CC2(C)CC(C)CC(OCCN(CCS(=O)(=O)O)C(=O)CCOCCOCCOCCOCCOCCOCCN3C(=O)C=CC3=O)(C2)C1. The van der Waals surface area contributed by atoms with Gasteiger partial charge in [-0.25, -0.2) is 14.8 Å². The Kier molecular flexibility index (Phi) is 22.9. The second kappa shape index (κ2) is 30.5. The van der Waals surface area contributed by atoms with Crippen LogP contribution in [0.4, 0.5) is 10.9 Å². The van der Waals surface area contributed by atoms with Crippen molar-refractivity contribution in [2.24, 2.45) is 16.7 Å². The topological polar surface area (TPSA) is 290 Å². The van der Waals surface area contributed by atoms with Gasteiger partial charge >= 0.3 is 5.97 Å². The number of hydrogen-bond donors (Lipinski definition) is 3. The van der Waals surface area contributed by atoms with Gasteiger partial charge in [0.1, 0.15) is 5.82 Å². The van der Waals surface area contributed by atoms with Crippen LogP contribution >= 0.6 is 11.3 Å². The van der Waals surface area contributed by atoms with E-state index in [9.17, 15) is 42.0 Å². The smallest absolute Gasteiger partial charge is 0.355 e. The quantitative estimate of drug-likeness (QED) is 0.0211. The highest BCUT2D eigenvalue weighted by Crippen LogP contribution is 2.60. The number of carbonyl (C=O) groups excluding carboxylic acids is 4. The first-order valence-electron chi connectivity index (χ1n) is 30.3. The van der Waals surface area contributed by atoms with E-state index >= 15 is 0 Å². The predicted molar refractivity (Wildman–Crippen MR) is 331 cm³/mol. The highest BCUT2D eigenvalue weighted by molar-refractivity contribution is 7.85. The van der Waals surface area contributed by atoms with Gasteiger partial charge in [0.15, 0.2) is 10.8 Å². The summed E-state index contributed by atoms with van der Waals surface area (Å²) in [6.07, 6.45) is 9.00. The molecule has 482 valence electrons. The number of nitrogens with zero attached hydrogens (tertiary/aromatic N) is 7. The molecule has 2 bridgehead atoms. The van der Waals surface area contributed by atoms with Crippen molar-refractivity contribution in [3.63, 3.8) is 0 Å². The number of nitrogens with one attached hydrogen (secondary N) is 1. The number of aromatic nitrogens is 4. The Morgan fingerprint density at radius 2 is 1.44 bits per heavy atom. The molecule has 2 aliphatic heterocycles. The Hall–Kier alpha value is -6.59. The zero-order valence-electron chi connectivity index (χ0n) is 51.2. The molecule has 4 amide bonds. The van der Waals surface area contributed by atoms with Crippen molar-refractivity contribution >= 4 is 72.2 Å². The number of amides is 4. The van der Waals surface area contributed by atoms with Crippen molar-refractivity contribution in [2.45, 2.75) is 91.3 Å². The van der Waals surface area contributed by atoms with Crippen LogP contribution in [0.1, 0.15) is 97.0 Å². The summed E-state index contributed by atoms with van der Waals surface area (Å²) in [6, 6.07) is 17.0. The lowest BCUT2D eigenvalue weighted by Crippen LogP contribution is -2.55. The third kappa shape index (κ3) is 18.3. The first-order chi connectivity index (χ1) is 42.7. The number of thiazole rings is 1. The predicted octanol–water partition coefficient (Wildman–Crippen LogP) is 6.89. The maximum absolute atomic E-state index is 13.8. The molecule has 9 rings (SSSR count). The normalized spacial score (nSPS) is 20.8. The second-order valence-corrected chi connectivity index (χ2v) is 26.8. The molecule has 3 aromatic heterocycles. The van der Waals surface area contributed by atoms with E-state index in [0.717, 1.165) is 57.6 Å². The largest absolute Gasteiger partial charge is 0.476 e. The summed E-state index contributed by atoms with van der Waals surface area (Å²) in [5.41, 5.74) is 4.09. The molecule has 0 radical (unpaired) electrons. The lowest BCUT2D eigenvalue weighted by atomic mass is 9.51. The van der Waals surface area contributed by atoms with Crippen molar-refractivity contribution in [3.8, 4) is 11.1 Å². The van der Waals surface area contributed by atoms with Gasteiger partial charge in [-0.15, -0.1) is 0 Å². The minimum atomic E-state index is -4.37. The number of imide groups is 1. The number of aromatic carboxylic acids is 1. The molecule has 26 heteroatoms. The van der Waals surface area contributed by atoms with Crippen LogP contribution in [0.25, 0.3) is 21.3 Å². The van der Waals surface area contributed by atoms with Crippen LogP contribution in [0.2, 0.25) is 0 Å². The molecule has 4 atom stereocenters. The van der Waals surface area contributed by atoms with E-state index in [0.29, 0.717) is 119 Å². The van der Waals surface area contributed by atoms with E-state index in [1.54, 1.807) is 18.3 Å². The number of ether oxygens (including phenoxy) is 7. The van der Waals surface area contributed by atoms with Crippen LogP contribution in [-0.2, 0) is 77.2 Å². The lowest BCUT2D eigenvalue weighted by Gasteiger charge is -2.58. The summed E-state index contributed by atoms with van der Waals surface area (Å²) in [6.45, 7) is 14.1. The second-order valence-electron chi connectivity index (χ2n) is 24.2. The van der Waals surface area contributed by atoms with E-state index in [1.165, 1.54) is 28.4 Å². The van der Waals surface area contributed by atoms with E-state index < -0.39 is 27.4 Å². The molecule has 3 N–H and O–H groups in total. The molecule has 0 saturated heterocycles. The summed E-state index contributed by atoms with van der Waals surface area (Å²) in [5, 5.41) is 19.0. The molecule has 4 unspecified atom stereocenters. The number of para-hydroxylation sites is 1. The molecule has 89 heavy (non-hydrogen) atoms. The maximum Gasteiger partial charge on any atom is 0.355 e. The third-order valence-corrected chi connectivity index (χ3v) is 18.3. The van der Waals surface area contributed by atoms with Gasteiger partial charge in [0, 0.05) is 67.3 Å². The van der Waals surface area contributed by atoms with Crippen molar-refractivity contribution in [1.29, 1.82) is 0 Å². The average Bonchev–Trinajstić information content (AvgIpc) is 0.882. The Labute approximate surface area is 522 Å². The van der Waals surface area contributed by atoms with Crippen LogP contribution in [0.3, 0.4) is 0 Å². The molecule has 5 heterocycles. The highest BCUT2D eigenvalue weighted by Gasteiger charge is 2.55. The number of rotatable bonds is 35. The molecule has 4 aliphatic rings. The van der Waals surface area contributed by atoms with Crippen LogP contribution < -0.4 is 10.2 Å². The van der Waals surface area contributed by atoms with E-state index in [-0.39, 0.29) is 99.2 Å². The Balaban J connectivity index is 0.718. The molecule has 2 aliphatic carbocycles. The highest BCUT2D eigenvalue weighted by atomic mass is 32.2. The molecule has 2 aromatic carbocycles. The van der Waals surface area contributed by atoms with Gasteiger partial charge in [0.05, 0.1) is 127 Å². The number of benzene rings is 2. The van der Waals surface area contributed by atoms with Crippen molar-refractivity contribution < 1.29 is 75.2 Å². The van der Waals surface area contributed by atoms with Crippen LogP contribution in [0.15, 0.2) is 72.9 Å². The maximum atomic E-state index is 13.8. The molecular weight excluding hydrogens is 1190 g/mol. The van der Waals surface area contributed by atoms with Gasteiger partial charge in [-0.05, 0) is 104 Å². The van der Waals surface area contributed by atoms with E-state index in [4.69, 9.17) is 43.2 Å². The lowest BCUT2D eigenvalue weighted by molar-refractivity contribution is -0.180. The Bertz CT molecular complexity index is 3400. The fraction of sp³-hybridized carbons (Fsp3) is 0.556.